The Bertz CT molecular complexity index is 1250. The number of unbranched alkanes of at least 4 members (excludes halogenated alkanes) is 33. The fourth-order valence-corrected chi connectivity index (χ4v) is 8.48. The maximum Gasteiger partial charge on any atom is 0.306 e. The first kappa shape index (κ1) is 66.1. The topological polar surface area (TPSA) is 78.9 Å². The highest BCUT2D eigenvalue weighted by atomic mass is 16.6. The number of rotatable bonds is 54. The van der Waals surface area contributed by atoms with E-state index in [2.05, 4.69) is 81.5 Å². The van der Waals surface area contributed by atoms with Crippen molar-refractivity contribution in [1.82, 2.24) is 0 Å². The van der Waals surface area contributed by atoms with Gasteiger partial charge in [-0.25, -0.2) is 0 Å². The smallest absolute Gasteiger partial charge is 0.306 e. The van der Waals surface area contributed by atoms with Crippen molar-refractivity contribution in [2.45, 2.75) is 309 Å². The summed E-state index contributed by atoms with van der Waals surface area (Å²) in [5.41, 5.74) is 0. The standard InChI is InChI=1S/C63H112O6/c1-4-7-10-13-16-19-22-25-28-30-31-33-36-38-41-44-47-50-53-56-62(65)68-59-60(69-63(66)57-54-51-48-45-42-39-34-27-24-21-18-15-12-9-6-3)58-67-61(64)55-52-49-46-43-40-37-35-32-29-26-23-20-17-14-11-8-5-2/h16,19,25,27-28,31,33-34,38,41,60H,4-15,17-18,20-24,26,29-30,32,35-37,39-40,42-59H2,1-3H3/b19-16-,28-25-,33-31-,34-27-,41-38-/t60-/m0/s1. The summed E-state index contributed by atoms with van der Waals surface area (Å²) < 4.78 is 16.9. The Hall–Kier alpha value is -2.89. The normalized spacial score (nSPS) is 12.4. The molecule has 0 fully saturated rings. The second-order valence-corrected chi connectivity index (χ2v) is 19.9. The minimum Gasteiger partial charge on any atom is -0.462 e. The average molecular weight is 966 g/mol. The molecule has 0 aromatic rings. The van der Waals surface area contributed by atoms with Crippen LogP contribution in [0.4, 0.5) is 0 Å². The lowest BCUT2D eigenvalue weighted by atomic mass is 10.0. The zero-order valence-electron chi connectivity index (χ0n) is 45.8. The van der Waals surface area contributed by atoms with Crippen molar-refractivity contribution in [3.05, 3.63) is 60.8 Å². The van der Waals surface area contributed by atoms with Crippen LogP contribution in [-0.2, 0) is 28.6 Å². The monoisotopic (exact) mass is 965 g/mol. The lowest BCUT2D eigenvalue weighted by Gasteiger charge is -2.18. The first-order valence-electron chi connectivity index (χ1n) is 29.8. The summed E-state index contributed by atoms with van der Waals surface area (Å²) in [6, 6.07) is 0. The highest BCUT2D eigenvalue weighted by Crippen LogP contribution is 2.16. The molecule has 0 N–H and O–H groups in total. The van der Waals surface area contributed by atoms with Gasteiger partial charge in [0.05, 0.1) is 0 Å². The molecule has 6 heteroatoms. The van der Waals surface area contributed by atoms with Gasteiger partial charge in [-0.2, -0.15) is 0 Å². The summed E-state index contributed by atoms with van der Waals surface area (Å²) in [5.74, 6) is -0.912. The molecule has 0 unspecified atom stereocenters. The van der Waals surface area contributed by atoms with Gasteiger partial charge in [0, 0.05) is 19.3 Å². The zero-order chi connectivity index (χ0) is 50.0. The van der Waals surface area contributed by atoms with Crippen LogP contribution in [0, 0.1) is 0 Å². The van der Waals surface area contributed by atoms with Crippen molar-refractivity contribution in [3.8, 4) is 0 Å². The number of hydrogen-bond acceptors (Lipinski definition) is 6. The number of carbonyl (C=O) groups is 3. The van der Waals surface area contributed by atoms with Gasteiger partial charge < -0.3 is 14.2 Å². The van der Waals surface area contributed by atoms with Gasteiger partial charge in [-0.3, -0.25) is 14.4 Å². The van der Waals surface area contributed by atoms with Crippen LogP contribution < -0.4 is 0 Å². The predicted molar refractivity (Wildman–Crippen MR) is 298 cm³/mol. The minimum atomic E-state index is -0.790. The number of carbonyl (C=O) groups excluding carboxylic acids is 3. The van der Waals surface area contributed by atoms with Gasteiger partial charge in [0.15, 0.2) is 6.10 Å². The van der Waals surface area contributed by atoms with Crippen molar-refractivity contribution in [1.29, 1.82) is 0 Å². The van der Waals surface area contributed by atoms with E-state index in [0.29, 0.717) is 19.3 Å². The van der Waals surface area contributed by atoms with Crippen molar-refractivity contribution in [3.63, 3.8) is 0 Å². The highest BCUT2D eigenvalue weighted by Gasteiger charge is 2.19. The molecule has 1 atom stereocenters. The van der Waals surface area contributed by atoms with E-state index >= 15 is 0 Å². The maximum atomic E-state index is 12.9. The first-order valence-corrected chi connectivity index (χ1v) is 29.8. The van der Waals surface area contributed by atoms with E-state index in [9.17, 15) is 14.4 Å². The van der Waals surface area contributed by atoms with Gasteiger partial charge in [-0.05, 0) is 89.9 Å². The molecule has 0 radical (unpaired) electrons. The molecule has 0 bridgehead atoms. The molecule has 6 nitrogen and oxygen atoms in total. The maximum absolute atomic E-state index is 12.9. The molecule has 0 aliphatic rings. The quantitative estimate of drug-likeness (QED) is 0.0262. The Morgan fingerprint density at radius 3 is 0.870 bits per heavy atom. The van der Waals surface area contributed by atoms with Crippen LogP contribution in [0.1, 0.15) is 303 Å². The van der Waals surface area contributed by atoms with E-state index in [0.717, 1.165) is 96.3 Å². The van der Waals surface area contributed by atoms with Crippen LogP contribution in [0.3, 0.4) is 0 Å². The second-order valence-electron chi connectivity index (χ2n) is 19.9. The Morgan fingerprint density at radius 1 is 0.290 bits per heavy atom. The Morgan fingerprint density at radius 2 is 0.522 bits per heavy atom. The number of hydrogen-bond donors (Lipinski definition) is 0. The molecule has 0 aliphatic carbocycles. The van der Waals surface area contributed by atoms with Crippen molar-refractivity contribution in [2.75, 3.05) is 13.2 Å². The first-order chi connectivity index (χ1) is 34.0. The van der Waals surface area contributed by atoms with Gasteiger partial charge in [-0.1, -0.05) is 255 Å². The molecule has 0 saturated heterocycles. The molecule has 0 spiro atoms. The van der Waals surface area contributed by atoms with E-state index in [4.69, 9.17) is 14.2 Å². The summed E-state index contributed by atoms with van der Waals surface area (Å²) in [6.07, 6.45) is 72.1. The lowest BCUT2D eigenvalue weighted by molar-refractivity contribution is -0.167. The van der Waals surface area contributed by atoms with Crippen LogP contribution in [0.5, 0.6) is 0 Å². The van der Waals surface area contributed by atoms with Crippen LogP contribution in [0.2, 0.25) is 0 Å². The Kier molecular flexibility index (Phi) is 55.3. The summed E-state index contributed by atoms with van der Waals surface area (Å²) in [6.45, 7) is 6.61. The van der Waals surface area contributed by atoms with Gasteiger partial charge in [0.1, 0.15) is 13.2 Å². The number of esters is 3. The molecule has 0 aliphatic heterocycles. The molecule has 0 aromatic heterocycles. The molecule has 0 rings (SSSR count). The number of ether oxygens (including phenoxy) is 3. The minimum absolute atomic E-state index is 0.0851. The molecule has 0 amide bonds. The third kappa shape index (κ3) is 55.9. The zero-order valence-corrected chi connectivity index (χ0v) is 45.8. The second kappa shape index (κ2) is 57.7. The van der Waals surface area contributed by atoms with E-state index in [-0.39, 0.29) is 31.1 Å². The molecular formula is C63H112O6. The van der Waals surface area contributed by atoms with Crippen LogP contribution >= 0.6 is 0 Å². The summed E-state index contributed by atoms with van der Waals surface area (Å²) in [4.78, 5) is 38.2. The Balaban J connectivity index is 4.42. The summed E-state index contributed by atoms with van der Waals surface area (Å²) in [7, 11) is 0. The van der Waals surface area contributed by atoms with Gasteiger partial charge in [0.25, 0.3) is 0 Å². The van der Waals surface area contributed by atoms with E-state index in [1.54, 1.807) is 0 Å². The molecule has 0 saturated carbocycles. The fraction of sp³-hybridized carbons (Fsp3) is 0.794. The summed E-state index contributed by atoms with van der Waals surface area (Å²) >= 11 is 0. The van der Waals surface area contributed by atoms with Crippen LogP contribution in [0.15, 0.2) is 60.8 Å². The molecule has 0 heterocycles. The van der Waals surface area contributed by atoms with Crippen LogP contribution in [-0.4, -0.2) is 37.2 Å². The van der Waals surface area contributed by atoms with E-state index in [1.807, 2.05) is 0 Å². The van der Waals surface area contributed by atoms with Gasteiger partial charge in [0.2, 0.25) is 0 Å². The fourth-order valence-electron chi connectivity index (χ4n) is 8.48. The molecular weight excluding hydrogens is 853 g/mol. The number of allylic oxidation sites excluding steroid dienone is 10. The van der Waals surface area contributed by atoms with Gasteiger partial charge >= 0.3 is 17.9 Å². The SMILES string of the molecule is CCCCC/C=C\C/C=C\C/C=C\C/C=C\CCCCCC(=O)OC[C@H](COC(=O)CCCCCCCCCCCCCCCCCCC)OC(=O)CCCCCCC/C=C\CCCCCCCC. The molecule has 400 valence electrons. The average Bonchev–Trinajstić information content (AvgIpc) is 3.35. The summed E-state index contributed by atoms with van der Waals surface area (Å²) in [5, 5.41) is 0. The highest BCUT2D eigenvalue weighted by molar-refractivity contribution is 5.71. The lowest BCUT2D eigenvalue weighted by Crippen LogP contribution is -2.30. The van der Waals surface area contributed by atoms with E-state index in [1.165, 1.54) is 167 Å². The van der Waals surface area contributed by atoms with Crippen LogP contribution in [0.25, 0.3) is 0 Å². The van der Waals surface area contributed by atoms with Crippen molar-refractivity contribution >= 4 is 17.9 Å². The Labute approximate surface area is 428 Å². The molecule has 69 heavy (non-hydrogen) atoms. The van der Waals surface area contributed by atoms with E-state index < -0.39 is 6.10 Å². The molecule has 0 aromatic carbocycles. The largest absolute Gasteiger partial charge is 0.462 e. The third-order valence-corrected chi connectivity index (χ3v) is 13.0. The van der Waals surface area contributed by atoms with Crippen molar-refractivity contribution in [2.24, 2.45) is 0 Å². The third-order valence-electron chi connectivity index (χ3n) is 13.0. The predicted octanol–water partition coefficient (Wildman–Crippen LogP) is 20.0. The van der Waals surface area contributed by atoms with Crippen molar-refractivity contribution < 1.29 is 28.6 Å². The van der Waals surface area contributed by atoms with Gasteiger partial charge in [-0.15, -0.1) is 0 Å².